The molecule has 1 amide bonds. The second kappa shape index (κ2) is 8.88. The summed E-state index contributed by atoms with van der Waals surface area (Å²) in [5.41, 5.74) is 11.1. The highest BCUT2D eigenvalue weighted by molar-refractivity contribution is 5.78. The van der Waals surface area contributed by atoms with E-state index in [-0.39, 0.29) is 36.8 Å². The number of hydrogen-bond acceptors (Lipinski definition) is 4. The number of rotatable bonds is 9. The first-order chi connectivity index (χ1) is 8.36. The number of carbonyl (C=O) groups excluding carboxylic acids is 1. The van der Waals surface area contributed by atoms with E-state index in [9.17, 15) is 9.59 Å². The van der Waals surface area contributed by atoms with E-state index in [1.807, 2.05) is 13.8 Å². The van der Waals surface area contributed by atoms with Crippen LogP contribution in [0.1, 0.15) is 39.5 Å². The predicted molar refractivity (Wildman–Crippen MR) is 69.9 cm³/mol. The minimum Gasteiger partial charge on any atom is -0.481 e. The van der Waals surface area contributed by atoms with Crippen molar-refractivity contribution in [2.45, 2.75) is 51.6 Å². The van der Waals surface area contributed by atoms with Crippen LogP contribution in [-0.2, 0) is 9.59 Å². The van der Waals surface area contributed by atoms with Crippen LogP contribution in [-0.4, -0.2) is 35.6 Å². The van der Waals surface area contributed by atoms with Gasteiger partial charge in [-0.05, 0) is 25.3 Å². The Morgan fingerprint density at radius 3 is 2.33 bits per heavy atom. The highest BCUT2D eigenvalue weighted by atomic mass is 16.4. The summed E-state index contributed by atoms with van der Waals surface area (Å²) in [7, 11) is 0. The van der Waals surface area contributed by atoms with Crippen molar-refractivity contribution in [2.24, 2.45) is 17.4 Å². The number of carboxylic acids is 1. The van der Waals surface area contributed by atoms with Gasteiger partial charge in [0.1, 0.15) is 0 Å². The van der Waals surface area contributed by atoms with Crippen LogP contribution in [0, 0.1) is 5.92 Å². The topological polar surface area (TPSA) is 118 Å². The lowest BCUT2D eigenvalue weighted by Crippen LogP contribution is -2.42. The fraction of sp³-hybridized carbons (Fsp3) is 0.833. The summed E-state index contributed by atoms with van der Waals surface area (Å²) in [5, 5.41) is 11.5. The van der Waals surface area contributed by atoms with Gasteiger partial charge in [-0.3, -0.25) is 9.59 Å². The van der Waals surface area contributed by atoms with Gasteiger partial charge in [0.05, 0.1) is 6.42 Å². The molecule has 0 fully saturated rings. The zero-order valence-corrected chi connectivity index (χ0v) is 11.2. The van der Waals surface area contributed by atoms with Gasteiger partial charge in [0.25, 0.3) is 0 Å². The van der Waals surface area contributed by atoms with Crippen LogP contribution in [0.25, 0.3) is 0 Å². The minimum atomic E-state index is -0.915. The number of amides is 1. The fourth-order valence-corrected chi connectivity index (χ4v) is 1.63. The van der Waals surface area contributed by atoms with Crippen LogP contribution >= 0.6 is 0 Å². The quantitative estimate of drug-likeness (QED) is 0.467. The minimum absolute atomic E-state index is 0.0680. The third-order valence-electron chi connectivity index (χ3n) is 2.77. The first kappa shape index (κ1) is 16.9. The summed E-state index contributed by atoms with van der Waals surface area (Å²) in [4.78, 5) is 22.4. The first-order valence-corrected chi connectivity index (χ1v) is 6.33. The molecule has 0 rings (SSSR count). The van der Waals surface area contributed by atoms with Crippen molar-refractivity contribution in [2.75, 3.05) is 6.54 Å². The number of hydrogen-bond donors (Lipinski definition) is 4. The van der Waals surface area contributed by atoms with E-state index in [0.717, 1.165) is 6.42 Å². The SMILES string of the molecule is CC(C)C(CC(=O)O)NC(=O)CC(N)CCCN. The molecule has 0 aromatic heterocycles. The summed E-state index contributed by atoms with van der Waals surface area (Å²) in [6, 6.07) is -0.567. The number of aliphatic carboxylic acids is 1. The Bertz CT molecular complexity index is 269. The van der Waals surface area contributed by atoms with Crippen molar-refractivity contribution < 1.29 is 14.7 Å². The van der Waals surface area contributed by atoms with Gasteiger partial charge in [-0.25, -0.2) is 0 Å². The molecule has 0 aliphatic carbocycles. The zero-order valence-electron chi connectivity index (χ0n) is 11.2. The number of nitrogens with two attached hydrogens (primary N) is 2. The van der Waals surface area contributed by atoms with Gasteiger partial charge in [0.15, 0.2) is 0 Å². The Morgan fingerprint density at radius 2 is 1.89 bits per heavy atom. The Hall–Kier alpha value is -1.14. The molecule has 0 bridgehead atoms. The second-order valence-corrected chi connectivity index (χ2v) is 4.91. The maximum atomic E-state index is 11.7. The van der Waals surface area contributed by atoms with Crippen LogP contribution in [0.15, 0.2) is 0 Å². The molecular weight excluding hydrogens is 234 g/mol. The Kier molecular flexibility index (Phi) is 8.32. The lowest BCUT2D eigenvalue weighted by molar-refractivity contribution is -0.138. The van der Waals surface area contributed by atoms with E-state index in [0.29, 0.717) is 13.0 Å². The lowest BCUT2D eigenvalue weighted by Gasteiger charge is -2.21. The molecular formula is C12H25N3O3. The average Bonchev–Trinajstić information content (AvgIpc) is 2.24. The summed E-state index contributed by atoms with van der Waals surface area (Å²) in [5.74, 6) is -1.04. The normalized spacial score (nSPS) is 14.3. The van der Waals surface area contributed by atoms with E-state index in [1.54, 1.807) is 0 Å². The summed E-state index contributed by atoms with van der Waals surface area (Å²) in [6.07, 6.45) is 1.64. The molecule has 2 unspecified atom stereocenters. The Labute approximate surface area is 108 Å². The van der Waals surface area contributed by atoms with Gasteiger partial charge in [0, 0.05) is 18.5 Å². The molecule has 0 aliphatic rings. The van der Waals surface area contributed by atoms with Gasteiger partial charge >= 0.3 is 5.97 Å². The standard InChI is InChI=1S/C12H25N3O3/c1-8(2)10(7-12(17)18)15-11(16)6-9(14)4-3-5-13/h8-10H,3-7,13-14H2,1-2H3,(H,15,16)(H,17,18). The predicted octanol–water partition coefficient (Wildman–Crippen LogP) is 0.0582. The smallest absolute Gasteiger partial charge is 0.305 e. The van der Waals surface area contributed by atoms with Gasteiger partial charge in [-0.1, -0.05) is 13.8 Å². The van der Waals surface area contributed by atoms with Crippen LogP contribution in [0.3, 0.4) is 0 Å². The van der Waals surface area contributed by atoms with Gasteiger partial charge in [-0.2, -0.15) is 0 Å². The largest absolute Gasteiger partial charge is 0.481 e. The first-order valence-electron chi connectivity index (χ1n) is 6.33. The maximum Gasteiger partial charge on any atom is 0.305 e. The van der Waals surface area contributed by atoms with E-state index >= 15 is 0 Å². The molecule has 106 valence electrons. The van der Waals surface area contributed by atoms with Crippen molar-refractivity contribution in [3.63, 3.8) is 0 Å². The van der Waals surface area contributed by atoms with Crippen LogP contribution in [0.5, 0.6) is 0 Å². The van der Waals surface area contributed by atoms with Crippen molar-refractivity contribution in [1.29, 1.82) is 0 Å². The molecule has 0 heterocycles. The summed E-state index contributed by atoms with van der Waals surface area (Å²) >= 11 is 0. The van der Waals surface area contributed by atoms with Crippen LogP contribution in [0.2, 0.25) is 0 Å². The second-order valence-electron chi connectivity index (χ2n) is 4.91. The van der Waals surface area contributed by atoms with Crippen molar-refractivity contribution in [3.05, 3.63) is 0 Å². The average molecular weight is 259 g/mol. The maximum absolute atomic E-state index is 11.7. The van der Waals surface area contributed by atoms with Gasteiger partial charge in [0.2, 0.25) is 5.91 Å². The molecule has 0 aromatic rings. The third-order valence-corrected chi connectivity index (χ3v) is 2.77. The Balaban J connectivity index is 4.13. The number of carboxylic acid groups (broad SMARTS) is 1. The molecule has 0 aromatic carbocycles. The molecule has 0 radical (unpaired) electrons. The van der Waals surface area contributed by atoms with Crippen molar-refractivity contribution in [1.82, 2.24) is 5.32 Å². The highest BCUT2D eigenvalue weighted by Gasteiger charge is 2.20. The Morgan fingerprint density at radius 1 is 1.28 bits per heavy atom. The third kappa shape index (κ3) is 8.03. The van der Waals surface area contributed by atoms with E-state index < -0.39 is 5.97 Å². The lowest BCUT2D eigenvalue weighted by atomic mass is 10.00. The molecule has 0 spiro atoms. The van der Waals surface area contributed by atoms with E-state index in [1.165, 1.54) is 0 Å². The summed E-state index contributed by atoms with van der Waals surface area (Å²) < 4.78 is 0. The number of carbonyl (C=O) groups is 2. The van der Waals surface area contributed by atoms with Gasteiger partial charge in [-0.15, -0.1) is 0 Å². The molecule has 0 saturated carbocycles. The molecule has 0 saturated heterocycles. The molecule has 2 atom stereocenters. The zero-order chi connectivity index (χ0) is 14.1. The molecule has 6 N–H and O–H groups in total. The molecule has 6 nitrogen and oxygen atoms in total. The fourth-order valence-electron chi connectivity index (χ4n) is 1.63. The van der Waals surface area contributed by atoms with Crippen LogP contribution < -0.4 is 16.8 Å². The van der Waals surface area contributed by atoms with E-state index in [2.05, 4.69) is 5.32 Å². The van der Waals surface area contributed by atoms with Gasteiger partial charge < -0.3 is 21.9 Å². The highest BCUT2D eigenvalue weighted by Crippen LogP contribution is 2.07. The number of nitrogens with one attached hydrogen (secondary N) is 1. The molecule has 18 heavy (non-hydrogen) atoms. The van der Waals surface area contributed by atoms with Crippen molar-refractivity contribution >= 4 is 11.9 Å². The monoisotopic (exact) mass is 259 g/mol. The summed E-state index contributed by atoms with van der Waals surface area (Å²) in [6.45, 7) is 4.31. The van der Waals surface area contributed by atoms with E-state index in [4.69, 9.17) is 16.6 Å². The van der Waals surface area contributed by atoms with Crippen LogP contribution in [0.4, 0.5) is 0 Å². The van der Waals surface area contributed by atoms with Crippen molar-refractivity contribution in [3.8, 4) is 0 Å². The molecule has 0 aliphatic heterocycles. The molecule has 6 heteroatoms.